The molecule has 0 fully saturated rings. The van der Waals surface area contributed by atoms with Crippen LogP contribution in [0.1, 0.15) is 23.6 Å². The number of benzene rings is 2. The number of phenolic OH excluding ortho intramolecular Hbond substituents is 1. The van der Waals surface area contributed by atoms with Crippen molar-refractivity contribution < 1.29 is 9.84 Å². The highest BCUT2D eigenvalue weighted by atomic mass is 35.5. The molecule has 0 saturated carbocycles. The van der Waals surface area contributed by atoms with Crippen molar-refractivity contribution in [1.29, 1.82) is 0 Å². The molecule has 0 unspecified atom stereocenters. The number of aryl methyl sites for hydroxylation is 1. The maximum Gasteiger partial charge on any atom is 0.128 e. The van der Waals surface area contributed by atoms with Gasteiger partial charge in [-0.1, -0.05) is 30.7 Å². The molecule has 6 N–H and O–H groups in total. The predicted molar refractivity (Wildman–Crippen MR) is 93.8 cm³/mol. The van der Waals surface area contributed by atoms with E-state index in [1.165, 1.54) is 0 Å². The van der Waals surface area contributed by atoms with E-state index in [1.54, 1.807) is 43.5 Å². The third-order valence-electron chi connectivity index (χ3n) is 3.62. The second-order valence-corrected chi connectivity index (χ2v) is 5.41. The summed E-state index contributed by atoms with van der Waals surface area (Å²) in [4.78, 5) is 0. The van der Waals surface area contributed by atoms with Crippen LogP contribution in [0.5, 0.6) is 11.5 Å². The molecular formula is C17H20ClN3O2. The Bertz CT molecular complexity index is 727. The van der Waals surface area contributed by atoms with Gasteiger partial charge in [-0.15, -0.1) is 0 Å². The van der Waals surface area contributed by atoms with E-state index < -0.39 is 0 Å². The van der Waals surface area contributed by atoms with Crippen molar-refractivity contribution in [1.82, 2.24) is 5.43 Å². The Morgan fingerprint density at radius 3 is 2.43 bits per heavy atom. The van der Waals surface area contributed by atoms with Crippen LogP contribution in [0.2, 0.25) is 5.02 Å². The van der Waals surface area contributed by atoms with Crippen LogP contribution in [0, 0.1) is 0 Å². The van der Waals surface area contributed by atoms with Crippen molar-refractivity contribution >= 4 is 23.0 Å². The highest BCUT2D eigenvalue weighted by Crippen LogP contribution is 2.33. The van der Waals surface area contributed by atoms with Crippen molar-refractivity contribution in [3.05, 3.63) is 58.1 Å². The molecule has 0 heterocycles. The highest BCUT2D eigenvalue weighted by Gasteiger charge is 2.15. The molecule has 2 aromatic carbocycles. The van der Waals surface area contributed by atoms with Crippen LogP contribution in [0.15, 0.2) is 36.4 Å². The molecule has 0 atom stereocenters. The first-order chi connectivity index (χ1) is 11.0. The normalized spacial score (nSPS) is 11.8. The molecule has 0 aliphatic heterocycles. The first-order valence-corrected chi connectivity index (χ1v) is 7.52. The second kappa shape index (κ2) is 7.26. The minimum absolute atomic E-state index is 0.0262. The first-order valence-electron chi connectivity index (χ1n) is 7.14. The van der Waals surface area contributed by atoms with Gasteiger partial charge in [0, 0.05) is 22.2 Å². The van der Waals surface area contributed by atoms with Crippen LogP contribution in [0.4, 0.5) is 0 Å². The average Bonchev–Trinajstić information content (AvgIpc) is 2.56. The van der Waals surface area contributed by atoms with Gasteiger partial charge < -0.3 is 21.0 Å². The fourth-order valence-corrected chi connectivity index (χ4v) is 2.49. The average molecular weight is 334 g/mol. The van der Waals surface area contributed by atoms with E-state index in [0.717, 1.165) is 17.5 Å². The molecule has 0 radical (unpaired) electrons. The number of phenols is 1. The molecule has 2 rings (SSSR count). The zero-order valence-electron chi connectivity index (χ0n) is 13.1. The summed E-state index contributed by atoms with van der Waals surface area (Å²) in [6.45, 7) is 2.00. The lowest BCUT2D eigenvalue weighted by Crippen LogP contribution is -2.23. The number of hydrogen-bond donors (Lipinski definition) is 4. The zero-order valence-corrected chi connectivity index (χ0v) is 13.8. The van der Waals surface area contributed by atoms with Crippen LogP contribution in [0.3, 0.4) is 0 Å². The summed E-state index contributed by atoms with van der Waals surface area (Å²) < 4.78 is 5.26. The number of rotatable bonds is 5. The molecule has 0 aromatic heterocycles. The Kier molecular flexibility index (Phi) is 5.36. The summed E-state index contributed by atoms with van der Waals surface area (Å²) >= 11 is 5.90. The summed E-state index contributed by atoms with van der Waals surface area (Å²) in [6.07, 6.45) is 0.746. The monoisotopic (exact) mass is 333 g/mol. The van der Waals surface area contributed by atoms with E-state index in [4.69, 9.17) is 27.9 Å². The lowest BCUT2D eigenvalue weighted by molar-refractivity contribution is 0.403. The summed E-state index contributed by atoms with van der Waals surface area (Å²) in [7, 11) is 1.56. The molecule has 0 bridgehead atoms. The van der Waals surface area contributed by atoms with Crippen LogP contribution < -0.4 is 21.7 Å². The lowest BCUT2D eigenvalue weighted by atomic mass is 10.0. The molecule has 0 saturated heterocycles. The SMILES string of the molecule is CCc1cc(/C(N)=C(/NN)c2ccc(Cl)cc2)c(O)cc1OC. The van der Waals surface area contributed by atoms with Crippen LogP contribution in [-0.4, -0.2) is 12.2 Å². The van der Waals surface area contributed by atoms with Crippen molar-refractivity contribution in [3.8, 4) is 11.5 Å². The predicted octanol–water partition coefficient (Wildman–Crippen LogP) is 2.86. The van der Waals surface area contributed by atoms with Crippen LogP contribution in [-0.2, 0) is 6.42 Å². The number of aromatic hydroxyl groups is 1. The largest absolute Gasteiger partial charge is 0.507 e. The molecule has 0 amide bonds. The summed E-state index contributed by atoms with van der Waals surface area (Å²) in [5.41, 5.74) is 11.9. The summed E-state index contributed by atoms with van der Waals surface area (Å²) in [5, 5.41) is 10.9. The fourth-order valence-electron chi connectivity index (χ4n) is 2.36. The molecule has 23 heavy (non-hydrogen) atoms. The van der Waals surface area contributed by atoms with Gasteiger partial charge in [0.25, 0.3) is 0 Å². The molecule has 0 spiro atoms. The van der Waals surface area contributed by atoms with E-state index in [9.17, 15) is 5.11 Å². The van der Waals surface area contributed by atoms with Gasteiger partial charge in [0.05, 0.1) is 18.5 Å². The quantitative estimate of drug-likeness (QED) is 0.383. The van der Waals surface area contributed by atoms with Crippen molar-refractivity contribution in [3.63, 3.8) is 0 Å². The number of nitrogens with two attached hydrogens (primary N) is 2. The summed E-state index contributed by atoms with van der Waals surface area (Å²) in [5.74, 6) is 6.28. The number of hydrogen-bond acceptors (Lipinski definition) is 5. The second-order valence-electron chi connectivity index (χ2n) is 4.97. The zero-order chi connectivity index (χ0) is 17.0. The van der Waals surface area contributed by atoms with Crippen molar-refractivity contribution in [2.75, 3.05) is 7.11 Å². The third-order valence-corrected chi connectivity index (χ3v) is 3.87. The minimum atomic E-state index is 0.0262. The van der Waals surface area contributed by atoms with Gasteiger partial charge in [-0.25, -0.2) is 0 Å². The van der Waals surface area contributed by atoms with Crippen molar-refractivity contribution in [2.45, 2.75) is 13.3 Å². The van der Waals surface area contributed by atoms with Gasteiger partial charge in [-0.3, -0.25) is 5.84 Å². The topological polar surface area (TPSA) is 93.5 Å². The number of hydrazine groups is 1. The van der Waals surface area contributed by atoms with E-state index in [2.05, 4.69) is 5.43 Å². The van der Waals surface area contributed by atoms with E-state index in [0.29, 0.717) is 27.7 Å². The van der Waals surface area contributed by atoms with Crippen LogP contribution in [0.25, 0.3) is 11.4 Å². The Hall–Kier alpha value is -2.37. The van der Waals surface area contributed by atoms with Gasteiger partial charge in [-0.2, -0.15) is 0 Å². The van der Waals surface area contributed by atoms with Gasteiger partial charge in [0.1, 0.15) is 11.5 Å². The number of nitrogens with one attached hydrogen (secondary N) is 1. The van der Waals surface area contributed by atoms with Gasteiger partial charge >= 0.3 is 0 Å². The van der Waals surface area contributed by atoms with Gasteiger partial charge in [0.2, 0.25) is 0 Å². The maximum absolute atomic E-state index is 10.3. The van der Waals surface area contributed by atoms with E-state index in [1.807, 2.05) is 6.92 Å². The molecule has 2 aromatic rings. The Morgan fingerprint density at radius 1 is 1.26 bits per heavy atom. The molecular weight excluding hydrogens is 314 g/mol. The molecule has 6 heteroatoms. The third kappa shape index (κ3) is 3.52. The van der Waals surface area contributed by atoms with E-state index in [-0.39, 0.29) is 5.75 Å². The van der Waals surface area contributed by atoms with E-state index >= 15 is 0 Å². The Balaban J connectivity index is 2.59. The van der Waals surface area contributed by atoms with Crippen LogP contribution >= 0.6 is 11.6 Å². The smallest absolute Gasteiger partial charge is 0.128 e. The summed E-state index contributed by atoms with van der Waals surface area (Å²) in [6, 6.07) is 10.4. The molecule has 5 nitrogen and oxygen atoms in total. The number of ether oxygens (including phenoxy) is 1. The van der Waals surface area contributed by atoms with Gasteiger partial charge in [0.15, 0.2) is 0 Å². The molecule has 0 aliphatic carbocycles. The number of halogens is 1. The van der Waals surface area contributed by atoms with Gasteiger partial charge in [-0.05, 0) is 30.2 Å². The number of methoxy groups -OCH3 is 1. The molecule has 122 valence electrons. The maximum atomic E-state index is 10.3. The lowest BCUT2D eigenvalue weighted by Gasteiger charge is -2.16. The molecule has 0 aliphatic rings. The minimum Gasteiger partial charge on any atom is -0.507 e. The Morgan fingerprint density at radius 2 is 1.91 bits per heavy atom. The van der Waals surface area contributed by atoms with Crippen molar-refractivity contribution in [2.24, 2.45) is 11.6 Å². The fraction of sp³-hybridized carbons (Fsp3) is 0.176. The first kappa shape index (κ1) is 17.0. The standard InChI is InChI=1S/C17H20ClN3O2/c1-3-10-8-13(14(22)9-15(10)23-2)16(19)17(21-20)11-4-6-12(18)7-5-11/h4-9,21-22H,3,19-20H2,1-2H3/b17-16-. The highest BCUT2D eigenvalue weighted by molar-refractivity contribution is 6.30. The Labute approximate surface area is 140 Å².